The van der Waals surface area contributed by atoms with E-state index < -0.39 is 0 Å². The Morgan fingerprint density at radius 2 is 2.13 bits per heavy atom. The van der Waals surface area contributed by atoms with Gasteiger partial charge in [-0.05, 0) is 18.5 Å². The number of rotatable bonds is 0. The molecule has 1 aromatic rings. The third-order valence-electron chi connectivity index (χ3n) is 2.68. The lowest BCUT2D eigenvalue weighted by molar-refractivity contribution is -0.119. The van der Waals surface area contributed by atoms with E-state index in [1.807, 2.05) is 14.0 Å². The molecule has 0 aromatic carbocycles. The highest BCUT2D eigenvalue weighted by Crippen LogP contribution is 2.32. The Morgan fingerprint density at radius 3 is 2.80 bits per heavy atom. The van der Waals surface area contributed by atoms with E-state index in [-0.39, 0.29) is 17.2 Å². The monoisotopic (exact) mass is 226 g/mol. The van der Waals surface area contributed by atoms with E-state index in [9.17, 15) is 4.79 Å². The van der Waals surface area contributed by atoms with Gasteiger partial charge in [0.15, 0.2) is 5.82 Å². The molecule has 80 valence electrons. The van der Waals surface area contributed by atoms with Crippen LogP contribution < -0.4 is 9.80 Å². The molecule has 1 aliphatic rings. The highest BCUT2D eigenvalue weighted by Gasteiger charge is 2.32. The van der Waals surface area contributed by atoms with Gasteiger partial charge in [0, 0.05) is 14.1 Å². The van der Waals surface area contributed by atoms with Crippen LogP contribution in [-0.2, 0) is 4.79 Å². The molecule has 0 fully saturated rings. The highest BCUT2D eigenvalue weighted by atomic mass is 35.5. The normalized spacial score (nSPS) is 20.5. The second-order valence-corrected chi connectivity index (χ2v) is 3.87. The van der Waals surface area contributed by atoms with Crippen LogP contribution in [0.3, 0.4) is 0 Å². The van der Waals surface area contributed by atoms with Gasteiger partial charge in [0.2, 0.25) is 11.2 Å². The summed E-state index contributed by atoms with van der Waals surface area (Å²) in [5, 5.41) is 0.190. The predicted molar refractivity (Wildman–Crippen MR) is 58.3 cm³/mol. The van der Waals surface area contributed by atoms with Crippen LogP contribution in [0.25, 0.3) is 0 Å². The Morgan fingerprint density at radius 1 is 1.47 bits per heavy atom. The minimum Gasteiger partial charge on any atom is -0.346 e. The molecule has 1 atom stereocenters. The summed E-state index contributed by atoms with van der Waals surface area (Å²) in [6.45, 7) is 1.83. The third kappa shape index (κ3) is 1.43. The second-order valence-electron chi connectivity index (χ2n) is 3.53. The first-order chi connectivity index (χ1) is 7.02. The number of fused-ring (bicyclic) bond motifs is 1. The Kier molecular flexibility index (Phi) is 2.26. The quantitative estimate of drug-likeness (QED) is 0.618. The number of likely N-dealkylation sites (N-methyl/N-ethyl adjacent to an activating group) is 2. The van der Waals surface area contributed by atoms with E-state index in [1.54, 1.807) is 23.0 Å². The van der Waals surface area contributed by atoms with Gasteiger partial charge in [0.25, 0.3) is 0 Å². The first kappa shape index (κ1) is 10.2. The number of amides is 1. The number of halogens is 1. The summed E-state index contributed by atoms with van der Waals surface area (Å²) >= 11 is 5.72. The van der Waals surface area contributed by atoms with Crippen LogP contribution in [0.4, 0.5) is 11.5 Å². The van der Waals surface area contributed by atoms with Crippen molar-refractivity contribution in [3.05, 3.63) is 11.5 Å². The molecule has 0 unspecified atom stereocenters. The van der Waals surface area contributed by atoms with Gasteiger partial charge in [-0.15, -0.1) is 0 Å². The Bertz CT molecular complexity index is 423. The first-order valence-electron chi connectivity index (χ1n) is 4.55. The molecule has 0 spiro atoms. The fourth-order valence-electron chi connectivity index (χ4n) is 1.59. The largest absolute Gasteiger partial charge is 0.346 e. The predicted octanol–water partition coefficient (Wildman–Crippen LogP) is 0.931. The number of anilines is 2. The summed E-state index contributed by atoms with van der Waals surface area (Å²) in [6.07, 6.45) is 1.56. The zero-order valence-electron chi connectivity index (χ0n) is 8.73. The van der Waals surface area contributed by atoms with Crippen molar-refractivity contribution in [2.24, 2.45) is 0 Å². The van der Waals surface area contributed by atoms with Crippen LogP contribution in [-0.4, -0.2) is 36.0 Å². The van der Waals surface area contributed by atoms with Crippen molar-refractivity contribution in [1.82, 2.24) is 9.97 Å². The molecule has 0 saturated heterocycles. The average molecular weight is 227 g/mol. The zero-order valence-corrected chi connectivity index (χ0v) is 9.49. The fraction of sp³-hybridized carbons (Fsp3) is 0.444. The van der Waals surface area contributed by atoms with E-state index in [0.717, 1.165) is 0 Å². The Balaban J connectivity index is 2.58. The van der Waals surface area contributed by atoms with Gasteiger partial charge in [0.05, 0.1) is 6.20 Å². The first-order valence-corrected chi connectivity index (χ1v) is 4.93. The molecule has 6 heteroatoms. The SMILES string of the molecule is C[C@H]1C(=O)N(C)c2cnc(Cl)nc2N1C. The maximum Gasteiger partial charge on any atom is 0.249 e. The molecule has 0 saturated carbocycles. The number of carbonyl (C=O) groups excluding carboxylic acids is 1. The standard InChI is InChI=1S/C9H11ClN4O/c1-5-8(15)14(3)6-4-11-9(10)12-7(6)13(5)2/h4-5H,1-3H3/t5-/m0/s1. The molecule has 2 rings (SSSR count). The molecule has 1 amide bonds. The van der Waals surface area contributed by atoms with E-state index in [1.165, 1.54) is 0 Å². The molecule has 0 radical (unpaired) electrons. The summed E-state index contributed by atoms with van der Waals surface area (Å²) in [5.41, 5.74) is 0.685. The van der Waals surface area contributed by atoms with Gasteiger partial charge in [0.1, 0.15) is 11.7 Å². The number of hydrogen-bond acceptors (Lipinski definition) is 4. The van der Waals surface area contributed by atoms with Gasteiger partial charge in [-0.1, -0.05) is 0 Å². The lowest BCUT2D eigenvalue weighted by atomic mass is 10.2. The van der Waals surface area contributed by atoms with Gasteiger partial charge in [-0.25, -0.2) is 4.98 Å². The number of carbonyl (C=O) groups is 1. The van der Waals surface area contributed by atoms with Crippen LogP contribution in [0, 0.1) is 0 Å². The zero-order chi connectivity index (χ0) is 11.2. The summed E-state index contributed by atoms with van der Waals surface area (Å²) in [5.74, 6) is 0.709. The van der Waals surface area contributed by atoms with Crippen LogP contribution >= 0.6 is 11.6 Å². The minimum atomic E-state index is -0.228. The lowest BCUT2D eigenvalue weighted by Gasteiger charge is -2.36. The van der Waals surface area contributed by atoms with E-state index in [2.05, 4.69) is 9.97 Å². The van der Waals surface area contributed by atoms with E-state index in [0.29, 0.717) is 11.5 Å². The molecule has 2 heterocycles. The molecule has 1 aromatic heterocycles. The molecule has 5 nitrogen and oxygen atoms in total. The van der Waals surface area contributed by atoms with Crippen molar-refractivity contribution in [1.29, 1.82) is 0 Å². The molecule has 15 heavy (non-hydrogen) atoms. The van der Waals surface area contributed by atoms with Crippen LogP contribution in [0.15, 0.2) is 6.20 Å². The molecule has 0 bridgehead atoms. The average Bonchev–Trinajstić information content (AvgIpc) is 2.23. The van der Waals surface area contributed by atoms with Crippen molar-refractivity contribution >= 4 is 29.0 Å². The molecule has 1 aliphatic heterocycles. The summed E-state index contributed by atoms with van der Waals surface area (Å²) in [7, 11) is 3.53. The second kappa shape index (κ2) is 3.34. The fourth-order valence-corrected chi connectivity index (χ4v) is 1.72. The van der Waals surface area contributed by atoms with Gasteiger partial charge < -0.3 is 9.80 Å². The summed E-state index contributed by atoms with van der Waals surface area (Å²) in [4.78, 5) is 23.1. The summed E-state index contributed by atoms with van der Waals surface area (Å²) in [6, 6.07) is -0.228. The Labute approximate surface area is 92.7 Å². The smallest absolute Gasteiger partial charge is 0.249 e. The van der Waals surface area contributed by atoms with E-state index in [4.69, 9.17) is 11.6 Å². The maximum absolute atomic E-state index is 11.8. The highest BCUT2D eigenvalue weighted by molar-refractivity contribution is 6.28. The number of nitrogens with zero attached hydrogens (tertiary/aromatic N) is 4. The van der Waals surface area contributed by atoms with Crippen LogP contribution in [0.5, 0.6) is 0 Å². The molecular formula is C9H11ClN4O. The maximum atomic E-state index is 11.8. The molecule has 0 N–H and O–H groups in total. The van der Waals surface area contributed by atoms with Gasteiger partial charge >= 0.3 is 0 Å². The molecule has 0 aliphatic carbocycles. The van der Waals surface area contributed by atoms with Crippen molar-refractivity contribution in [3.8, 4) is 0 Å². The number of aromatic nitrogens is 2. The Hall–Kier alpha value is -1.36. The summed E-state index contributed by atoms with van der Waals surface area (Å²) < 4.78 is 0. The van der Waals surface area contributed by atoms with E-state index >= 15 is 0 Å². The van der Waals surface area contributed by atoms with Gasteiger partial charge in [-0.3, -0.25) is 4.79 Å². The van der Waals surface area contributed by atoms with Crippen molar-refractivity contribution in [2.75, 3.05) is 23.9 Å². The van der Waals surface area contributed by atoms with Crippen molar-refractivity contribution in [3.63, 3.8) is 0 Å². The third-order valence-corrected chi connectivity index (χ3v) is 2.87. The van der Waals surface area contributed by atoms with Gasteiger partial charge in [-0.2, -0.15) is 4.98 Å². The van der Waals surface area contributed by atoms with Crippen molar-refractivity contribution < 1.29 is 4.79 Å². The molecular weight excluding hydrogens is 216 g/mol. The van der Waals surface area contributed by atoms with Crippen LogP contribution in [0.1, 0.15) is 6.92 Å². The minimum absolute atomic E-state index is 0.0240. The topological polar surface area (TPSA) is 49.3 Å². The number of hydrogen-bond donors (Lipinski definition) is 0. The van der Waals surface area contributed by atoms with Crippen molar-refractivity contribution in [2.45, 2.75) is 13.0 Å². The van der Waals surface area contributed by atoms with Crippen LogP contribution in [0.2, 0.25) is 5.28 Å². The lowest BCUT2D eigenvalue weighted by Crippen LogP contribution is -2.49.